The van der Waals surface area contributed by atoms with Gasteiger partial charge in [-0.05, 0) is 46.0 Å². The number of thiazole rings is 1. The zero-order valence-electron chi connectivity index (χ0n) is 17.9. The topological polar surface area (TPSA) is 60.9 Å². The molecule has 0 atom stereocenters. The molecule has 3 aliphatic heterocycles. The van der Waals surface area contributed by atoms with Gasteiger partial charge < -0.3 is 24.8 Å². The summed E-state index contributed by atoms with van der Waals surface area (Å²) in [5.41, 5.74) is 2.89. The monoisotopic (exact) mass is 427 g/mol. The number of carbonyl (C=O) groups excluding carboxylic acids is 1. The molecule has 30 heavy (non-hydrogen) atoms. The average molecular weight is 428 g/mol. The number of hydrogen-bond acceptors (Lipinski definition) is 7. The van der Waals surface area contributed by atoms with E-state index in [0.717, 1.165) is 66.3 Å². The zero-order chi connectivity index (χ0) is 20.9. The number of rotatable bonds is 2. The van der Waals surface area contributed by atoms with E-state index in [1.165, 1.54) is 23.4 Å². The van der Waals surface area contributed by atoms with Crippen LogP contribution in [-0.2, 0) is 6.42 Å². The van der Waals surface area contributed by atoms with E-state index in [0.29, 0.717) is 6.61 Å². The fourth-order valence-corrected chi connectivity index (χ4v) is 5.51. The molecule has 3 aliphatic rings. The second kappa shape index (κ2) is 7.42. The molecule has 1 amide bonds. The molecular formula is C22H29N5O2S. The number of aromatic nitrogens is 1. The second-order valence-electron chi connectivity index (χ2n) is 9.08. The molecule has 0 radical (unpaired) electrons. The molecule has 0 spiro atoms. The van der Waals surface area contributed by atoms with Gasteiger partial charge in [-0.3, -0.25) is 4.79 Å². The molecule has 0 saturated carbocycles. The van der Waals surface area contributed by atoms with E-state index in [1.807, 2.05) is 13.8 Å². The first-order chi connectivity index (χ1) is 14.4. The first-order valence-electron chi connectivity index (χ1n) is 10.7. The number of fused-ring (bicyclic) bond motifs is 2. The van der Waals surface area contributed by atoms with E-state index in [1.54, 1.807) is 0 Å². The molecule has 0 aliphatic carbocycles. The predicted octanol–water partition coefficient (Wildman–Crippen LogP) is 2.88. The maximum atomic E-state index is 12.5. The average Bonchev–Trinajstić information content (AvgIpc) is 3.00. The van der Waals surface area contributed by atoms with E-state index < -0.39 is 0 Å². The molecule has 0 bridgehead atoms. The van der Waals surface area contributed by atoms with Crippen molar-refractivity contribution in [3.63, 3.8) is 0 Å². The number of nitrogens with zero attached hydrogens (tertiary/aromatic N) is 4. The van der Waals surface area contributed by atoms with E-state index in [4.69, 9.17) is 9.72 Å². The van der Waals surface area contributed by atoms with E-state index in [9.17, 15) is 4.79 Å². The van der Waals surface area contributed by atoms with E-state index >= 15 is 0 Å². The van der Waals surface area contributed by atoms with Crippen molar-refractivity contribution in [3.05, 3.63) is 28.8 Å². The molecule has 2 aromatic rings. The van der Waals surface area contributed by atoms with Crippen LogP contribution in [0.1, 0.15) is 35.6 Å². The SMILES string of the molecule is CN1CCCN(c2ccc3c(c2)OCCN3c2nc3c(s2)C(=O)NC(C)(C)C3)CC1. The van der Waals surface area contributed by atoms with Crippen LogP contribution in [0, 0.1) is 0 Å². The van der Waals surface area contributed by atoms with Crippen molar-refractivity contribution in [1.29, 1.82) is 0 Å². The van der Waals surface area contributed by atoms with Crippen LogP contribution >= 0.6 is 11.3 Å². The van der Waals surface area contributed by atoms with Crippen molar-refractivity contribution in [2.45, 2.75) is 32.2 Å². The Bertz CT molecular complexity index is 972. The Hall–Kier alpha value is -2.32. The number of ether oxygens (including phenoxy) is 1. The standard InChI is InChI=1S/C22H29N5O2S/c1-22(2)14-16-19(20(28)24-22)30-21(23-16)27-11-12-29-18-13-15(5-6-17(18)27)26-8-4-7-25(3)9-10-26/h5-6,13H,4,7-12,14H2,1-3H3,(H,24,28). The third kappa shape index (κ3) is 3.63. The highest BCUT2D eigenvalue weighted by atomic mass is 32.1. The van der Waals surface area contributed by atoms with E-state index in [-0.39, 0.29) is 11.4 Å². The van der Waals surface area contributed by atoms with Crippen LogP contribution in [0.4, 0.5) is 16.5 Å². The van der Waals surface area contributed by atoms with Crippen molar-refractivity contribution in [2.75, 3.05) is 56.2 Å². The van der Waals surface area contributed by atoms with Gasteiger partial charge in [0.15, 0.2) is 5.13 Å². The number of carbonyl (C=O) groups is 1. The molecule has 8 heteroatoms. The quantitative estimate of drug-likeness (QED) is 0.795. The zero-order valence-corrected chi connectivity index (χ0v) is 18.7. The van der Waals surface area contributed by atoms with Crippen LogP contribution in [0.5, 0.6) is 5.75 Å². The van der Waals surface area contributed by atoms with Gasteiger partial charge in [-0.25, -0.2) is 4.98 Å². The van der Waals surface area contributed by atoms with Gasteiger partial charge in [0.25, 0.3) is 5.91 Å². The summed E-state index contributed by atoms with van der Waals surface area (Å²) in [6.07, 6.45) is 1.92. The summed E-state index contributed by atoms with van der Waals surface area (Å²) in [7, 11) is 2.19. The van der Waals surface area contributed by atoms with Crippen molar-refractivity contribution >= 4 is 33.8 Å². The lowest BCUT2D eigenvalue weighted by Crippen LogP contribution is -2.48. The second-order valence-corrected chi connectivity index (χ2v) is 10.1. The highest BCUT2D eigenvalue weighted by molar-refractivity contribution is 7.17. The molecule has 1 aromatic heterocycles. The molecule has 1 saturated heterocycles. The molecule has 160 valence electrons. The molecule has 1 aromatic carbocycles. The Morgan fingerprint density at radius 3 is 2.90 bits per heavy atom. The Morgan fingerprint density at radius 1 is 1.17 bits per heavy atom. The lowest BCUT2D eigenvalue weighted by molar-refractivity contribution is 0.0901. The van der Waals surface area contributed by atoms with E-state index in [2.05, 4.69) is 45.3 Å². The minimum Gasteiger partial charge on any atom is -0.489 e. The molecular weight excluding hydrogens is 398 g/mol. The third-order valence-corrected chi connectivity index (χ3v) is 7.20. The van der Waals surface area contributed by atoms with Crippen LogP contribution in [0.15, 0.2) is 18.2 Å². The number of nitrogens with one attached hydrogen (secondary N) is 1. The van der Waals surface area contributed by atoms with Gasteiger partial charge in [0.05, 0.1) is 17.9 Å². The minimum atomic E-state index is -0.255. The molecule has 1 fully saturated rings. The van der Waals surface area contributed by atoms with Crippen LogP contribution in [0.3, 0.4) is 0 Å². The molecule has 1 N–H and O–H groups in total. The largest absolute Gasteiger partial charge is 0.489 e. The first-order valence-corrected chi connectivity index (χ1v) is 11.5. The Balaban J connectivity index is 1.43. The highest BCUT2D eigenvalue weighted by Gasteiger charge is 2.34. The summed E-state index contributed by atoms with van der Waals surface area (Å²) in [4.78, 5) is 25.2. The minimum absolute atomic E-state index is 0.0139. The van der Waals surface area contributed by atoms with Crippen LogP contribution in [0.25, 0.3) is 0 Å². The summed E-state index contributed by atoms with van der Waals surface area (Å²) in [5.74, 6) is 0.884. The summed E-state index contributed by atoms with van der Waals surface area (Å²) >= 11 is 1.48. The van der Waals surface area contributed by atoms with Crippen molar-refractivity contribution in [1.82, 2.24) is 15.2 Å². The number of benzene rings is 1. The maximum Gasteiger partial charge on any atom is 0.263 e. The van der Waals surface area contributed by atoms with Gasteiger partial charge in [-0.15, -0.1) is 0 Å². The van der Waals surface area contributed by atoms with Gasteiger partial charge in [0.2, 0.25) is 0 Å². The number of amides is 1. The Labute approximate surface area is 181 Å². The Morgan fingerprint density at radius 2 is 2.03 bits per heavy atom. The smallest absolute Gasteiger partial charge is 0.263 e. The summed E-state index contributed by atoms with van der Waals surface area (Å²) < 4.78 is 6.03. The molecule has 7 nitrogen and oxygen atoms in total. The van der Waals surface area contributed by atoms with Gasteiger partial charge in [-0.1, -0.05) is 11.3 Å². The summed E-state index contributed by atoms with van der Waals surface area (Å²) in [5, 5.41) is 3.95. The molecule has 0 unspecified atom stereocenters. The van der Waals surface area contributed by atoms with Gasteiger partial charge in [-0.2, -0.15) is 0 Å². The van der Waals surface area contributed by atoms with Gasteiger partial charge >= 0.3 is 0 Å². The van der Waals surface area contributed by atoms with Crippen LogP contribution < -0.4 is 19.9 Å². The predicted molar refractivity (Wildman–Crippen MR) is 121 cm³/mol. The summed E-state index contributed by atoms with van der Waals surface area (Å²) in [6.45, 7) is 9.75. The van der Waals surface area contributed by atoms with Crippen LogP contribution in [-0.4, -0.2) is 67.7 Å². The Kier molecular flexibility index (Phi) is 4.86. The number of hydrogen-bond donors (Lipinski definition) is 1. The molecule has 4 heterocycles. The maximum absolute atomic E-state index is 12.5. The van der Waals surface area contributed by atoms with Gasteiger partial charge in [0.1, 0.15) is 17.2 Å². The van der Waals surface area contributed by atoms with Crippen LogP contribution in [0.2, 0.25) is 0 Å². The van der Waals surface area contributed by atoms with Gasteiger partial charge in [0, 0.05) is 43.3 Å². The van der Waals surface area contributed by atoms with Crippen molar-refractivity contribution in [3.8, 4) is 5.75 Å². The number of likely N-dealkylation sites (N-methyl/N-ethyl adjacent to an activating group) is 1. The highest BCUT2D eigenvalue weighted by Crippen LogP contribution is 2.42. The normalized spacial score (nSPS) is 21.4. The molecule has 5 rings (SSSR count). The fraction of sp³-hybridized carbons (Fsp3) is 0.545. The first kappa shape index (κ1) is 19.6. The fourth-order valence-electron chi connectivity index (χ4n) is 4.49. The van der Waals surface area contributed by atoms with Crippen molar-refractivity contribution < 1.29 is 9.53 Å². The lowest BCUT2D eigenvalue weighted by Gasteiger charge is -2.31. The third-order valence-electron chi connectivity index (χ3n) is 6.08. The lowest BCUT2D eigenvalue weighted by atomic mass is 9.94. The number of anilines is 3. The summed E-state index contributed by atoms with van der Waals surface area (Å²) in [6, 6.07) is 6.49. The van der Waals surface area contributed by atoms with Crippen molar-refractivity contribution in [2.24, 2.45) is 0 Å².